The van der Waals surface area contributed by atoms with Crippen LogP contribution in [0.2, 0.25) is 0 Å². The van der Waals surface area contributed by atoms with Crippen LogP contribution in [-0.4, -0.2) is 11.7 Å². The Balaban J connectivity index is 2.94. The summed E-state index contributed by atoms with van der Waals surface area (Å²) in [5.41, 5.74) is 1.71. The van der Waals surface area contributed by atoms with E-state index >= 15 is 0 Å². The molecule has 0 fully saturated rings. The fourth-order valence-electron chi connectivity index (χ4n) is 1.21. The van der Waals surface area contributed by atoms with E-state index in [-0.39, 0.29) is 18.3 Å². The van der Waals surface area contributed by atoms with Gasteiger partial charge in [-0.1, -0.05) is 32.1 Å². The lowest BCUT2D eigenvalue weighted by atomic mass is 10.0. The predicted molar refractivity (Wildman–Crippen MR) is 56.3 cm³/mol. The number of halogens is 1. The van der Waals surface area contributed by atoms with Crippen molar-refractivity contribution in [3.63, 3.8) is 0 Å². The molecule has 2 heteroatoms. The van der Waals surface area contributed by atoms with Gasteiger partial charge in [-0.2, -0.15) is 0 Å². The molecule has 1 N–H and O–H groups in total. The average Bonchev–Trinajstić information content (AvgIpc) is 2.14. The normalized spacial score (nSPS) is 12.2. The zero-order chi connectivity index (χ0) is 10.6. The van der Waals surface area contributed by atoms with Gasteiger partial charge < -0.3 is 5.11 Å². The van der Waals surface area contributed by atoms with Gasteiger partial charge in [0.1, 0.15) is 5.82 Å². The first-order valence-electron chi connectivity index (χ1n) is 4.70. The minimum atomic E-state index is -0.250. The SMILES string of the molecule is CC(C)C(=Cc1cccc(F)c1)CO. The van der Waals surface area contributed by atoms with E-state index in [1.807, 2.05) is 26.0 Å². The average molecular weight is 194 g/mol. The van der Waals surface area contributed by atoms with Crippen LogP contribution in [0.15, 0.2) is 29.8 Å². The van der Waals surface area contributed by atoms with Crippen LogP contribution in [0.1, 0.15) is 19.4 Å². The number of benzene rings is 1. The van der Waals surface area contributed by atoms with Gasteiger partial charge in [-0.15, -0.1) is 0 Å². The van der Waals surface area contributed by atoms with Gasteiger partial charge in [0.2, 0.25) is 0 Å². The molecule has 0 bridgehead atoms. The Bertz CT molecular complexity index is 329. The summed E-state index contributed by atoms with van der Waals surface area (Å²) >= 11 is 0. The zero-order valence-corrected chi connectivity index (χ0v) is 8.50. The Morgan fingerprint density at radius 1 is 1.50 bits per heavy atom. The first-order chi connectivity index (χ1) is 6.63. The minimum Gasteiger partial charge on any atom is -0.392 e. The third-order valence-electron chi connectivity index (χ3n) is 2.12. The van der Waals surface area contributed by atoms with E-state index in [2.05, 4.69) is 0 Å². The summed E-state index contributed by atoms with van der Waals surface area (Å²) in [6, 6.07) is 6.35. The molecule has 14 heavy (non-hydrogen) atoms. The van der Waals surface area contributed by atoms with Gasteiger partial charge in [-0.25, -0.2) is 4.39 Å². The Labute approximate surface area is 83.9 Å². The van der Waals surface area contributed by atoms with Crippen molar-refractivity contribution in [2.24, 2.45) is 5.92 Å². The lowest BCUT2D eigenvalue weighted by molar-refractivity contribution is 0.320. The maximum absolute atomic E-state index is 12.8. The molecule has 0 heterocycles. The molecule has 0 saturated heterocycles. The maximum Gasteiger partial charge on any atom is 0.123 e. The molecule has 0 spiro atoms. The van der Waals surface area contributed by atoms with Gasteiger partial charge in [-0.3, -0.25) is 0 Å². The van der Waals surface area contributed by atoms with E-state index < -0.39 is 0 Å². The highest BCUT2D eigenvalue weighted by molar-refractivity contribution is 5.53. The van der Waals surface area contributed by atoms with E-state index in [4.69, 9.17) is 5.11 Å². The summed E-state index contributed by atoms with van der Waals surface area (Å²) in [6.45, 7) is 4.02. The van der Waals surface area contributed by atoms with Crippen molar-refractivity contribution in [2.45, 2.75) is 13.8 Å². The Morgan fingerprint density at radius 3 is 2.71 bits per heavy atom. The molecule has 0 aliphatic rings. The molecule has 0 aliphatic carbocycles. The van der Waals surface area contributed by atoms with Gasteiger partial charge in [0.05, 0.1) is 6.61 Å². The Kier molecular flexibility index (Phi) is 3.84. The molecule has 1 aromatic rings. The third-order valence-corrected chi connectivity index (χ3v) is 2.12. The van der Waals surface area contributed by atoms with Crippen molar-refractivity contribution in [1.29, 1.82) is 0 Å². The number of hydrogen-bond donors (Lipinski definition) is 1. The monoisotopic (exact) mass is 194 g/mol. The van der Waals surface area contributed by atoms with Gasteiger partial charge in [0.25, 0.3) is 0 Å². The molecule has 0 radical (unpaired) electrons. The number of rotatable bonds is 3. The van der Waals surface area contributed by atoms with Gasteiger partial charge in [0.15, 0.2) is 0 Å². The van der Waals surface area contributed by atoms with E-state index in [1.54, 1.807) is 6.07 Å². The zero-order valence-electron chi connectivity index (χ0n) is 8.50. The summed E-state index contributed by atoms with van der Waals surface area (Å²) in [5.74, 6) is 0.0306. The Morgan fingerprint density at radius 2 is 2.21 bits per heavy atom. The molecule has 0 saturated carbocycles. The second kappa shape index (κ2) is 4.91. The van der Waals surface area contributed by atoms with Gasteiger partial charge in [0, 0.05) is 0 Å². The van der Waals surface area contributed by atoms with Crippen LogP contribution in [0, 0.1) is 11.7 Å². The number of aliphatic hydroxyl groups excluding tert-OH is 1. The topological polar surface area (TPSA) is 20.2 Å². The quantitative estimate of drug-likeness (QED) is 0.784. The van der Waals surface area contributed by atoms with Crippen molar-refractivity contribution < 1.29 is 9.50 Å². The van der Waals surface area contributed by atoms with E-state index in [9.17, 15) is 4.39 Å². The summed E-state index contributed by atoms with van der Waals surface area (Å²) in [4.78, 5) is 0. The molecule has 76 valence electrons. The number of hydrogen-bond acceptors (Lipinski definition) is 1. The van der Waals surface area contributed by atoms with E-state index in [1.165, 1.54) is 12.1 Å². The molecule has 0 aromatic heterocycles. The van der Waals surface area contributed by atoms with Gasteiger partial charge >= 0.3 is 0 Å². The van der Waals surface area contributed by atoms with Crippen LogP contribution in [0.3, 0.4) is 0 Å². The first kappa shape index (κ1) is 10.9. The van der Waals surface area contributed by atoms with Crippen molar-refractivity contribution in [3.05, 3.63) is 41.2 Å². The van der Waals surface area contributed by atoms with E-state index in [0.29, 0.717) is 0 Å². The first-order valence-corrected chi connectivity index (χ1v) is 4.70. The summed E-state index contributed by atoms with van der Waals surface area (Å²) in [5, 5.41) is 9.07. The van der Waals surface area contributed by atoms with Crippen LogP contribution in [-0.2, 0) is 0 Å². The standard InChI is InChI=1S/C12H15FO/c1-9(2)11(8-14)6-10-4-3-5-12(13)7-10/h3-7,9,14H,8H2,1-2H3. The summed E-state index contributed by atoms with van der Waals surface area (Å²) in [6.07, 6.45) is 1.83. The molecule has 0 aliphatic heterocycles. The second-order valence-electron chi connectivity index (χ2n) is 3.59. The van der Waals surface area contributed by atoms with Crippen LogP contribution in [0.5, 0.6) is 0 Å². The van der Waals surface area contributed by atoms with Crippen LogP contribution in [0.25, 0.3) is 6.08 Å². The third kappa shape index (κ3) is 2.96. The van der Waals surface area contributed by atoms with Crippen molar-refractivity contribution in [3.8, 4) is 0 Å². The molecule has 1 rings (SSSR count). The Hall–Kier alpha value is -1.15. The highest BCUT2D eigenvalue weighted by atomic mass is 19.1. The summed E-state index contributed by atoms with van der Waals surface area (Å²) in [7, 11) is 0. The largest absolute Gasteiger partial charge is 0.392 e. The maximum atomic E-state index is 12.8. The highest BCUT2D eigenvalue weighted by Gasteiger charge is 2.01. The molecule has 0 atom stereocenters. The fraction of sp³-hybridized carbons (Fsp3) is 0.333. The minimum absolute atomic E-state index is 0.0220. The molecular formula is C12H15FO. The number of aliphatic hydroxyl groups is 1. The van der Waals surface area contributed by atoms with E-state index in [0.717, 1.165) is 11.1 Å². The molecule has 1 nitrogen and oxygen atoms in total. The van der Waals surface area contributed by atoms with Crippen molar-refractivity contribution >= 4 is 6.08 Å². The molecule has 0 amide bonds. The predicted octanol–water partition coefficient (Wildman–Crippen LogP) is 2.86. The fourth-order valence-corrected chi connectivity index (χ4v) is 1.21. The molecule has 0 unspecified atom stereocenters. The van der Waals surface area contributed by atoms with Crippen molar-refractivity contribution in [2.75, 3.05) is 6.61 Å². The smallest absolute Gasteiger partial charge is 0.123 e. The van der Waals surface area contributed by atoms with Crippen molar-refractivity contribution in [1.82, 2.24) is 0 Å². The van der Waals surface area contributed by atoms with Gasteiger partial charge in [-0.05, 0) is 29.2 Å². The van der Waals surface area contributed by atoms with Crippen LogP contribution in [0.4, 0.5) is 4.39 Å². The van der Waals surface area contributed by atoms with Crippen LogP contribution >= 0.6 is 0 Å². The summed E-state index contributed by atoms with van der Waals surface area (Å²) < 4.78 is 12.8. The lowest BCUT2D eigenvalue weighted by Crippen LogP contribution is -1.98. The second-order valence-corrected chi connectivity index (χ2v) is 3.59. The van der Waals surface area contributed by atoms with Crippen LogP contribution < -0.4 is 0 Å². The highest BCUT2D eigenvalue weighted by Crippen LogP contribution is 2.14. The lowest BCUT2D eigenvalue weighted by Gasteiger charge is -2.07. The molecular weight excluding hydrogens is 179 g/mol. The molecule has 1 aromatic carbocycles.